The van der Waals surface area contributed by atoms with Gasteiger partial charge in [-0.15, -0.1) is 0 Å². The van der Waals surface area contributed by atoms with E-state index in [-0.39, 0.29) is 29.4 Å². The molecule has 0 spiro atoms. The van der Waals surface area contributed by atoms with E-state index in [2.05, 4.69) is 0 Å². The Kier molecular flexibility index (Phi) is 5.51. The van der Waals surface area contributed by atoms with Crippen LogP contribution in [-0.2, 0) is 11.4 Å². The van der Waals surface area contributed by atoms with Crippen LogP contribution in [0.15, 0.2) is 48.5 Å². The summed E-state index contributed by atoms with van der Waals surface area (Å²) in [5.74, 6) is -1.04. The molecule has 0 aliphatic rings. The number of aliphatic carboxylic acids is 1. The molecule has 124 valence electrons. The Morgan fingerprint density at radius 1 is 1.25 bits per heavy atom. The first-order chi connectivity index (χ1) is 11.5. The fourth-order valence-electron chi connectivity index (χ4n) is 2.10. The van der Waals surface area contributed by atoms with Crippen LogP contribution in [0.4, 0.5) is 5.69 Å². The van der Waals surface area contributed by atoms with Gasteiger partial charge < -0.3 is 14.6 Å². The standard InChI is InChI=1S/C17H15NO6/c1-23-17-14(24-11-12-5-3-2-4-6-12)9-7-13(8-10-15(19)20)16(17)18(21)22/h2-10H,11H2,1H3,(H,19,20)/b10-8+. The average Bonchev–Trinajstić information content (AvgIpc) is 2.58. The van der Waals surface area contributed by atoms with Crippen molar-refractivity contribution in [1.29, 1.82) is 0 Å². The third-order valence-corrected chi connectivity index (χ3v) is 3.16. The van der Waals surface area contributed by atoms with Crippen molar-refractivity contribution < 1.29 is 24.3 Å². The lowest BCUT2D eigenvalue weighted by Crippen LogP contribution is -2.02. The minimum atomic E-state index is -1.20. The highest BCUT2D eigenvalue weighted by Gasteiger charge is 2.24. The van der Waals surface area contributed by atoms with Crippen LogP contribution < -0.4 is 9.47 Å². The molecule has 0 aliphatic carbocycles. The van der Waals surface area contributed by atoms with Gasteiger partial charge in [0, 0.05) is 6.08 Å². The second kappa shape index (κ2) is 7.77. The summed E-state index contributed by atoms with van der Waals surface area (Å²) in [4.78, 5) is 21.4. The van der Waals surface area contributed by atoms with Crippen molar-refractivity contribution >= 4 is 17.7 Å². The van der Waals surface area contributed by atoms with E-state index in [1.165, 1.54) is 19.2 Å². The van der Waals surface area contributed by atoms with Crippen molar-refractivity contribution in [1.82, 2.24) is 0 Å². The maximum Gasteiger partial charge on any atom is 0.328 e. The second-order valence-electron chi connectivity index (χ2n) is 4.74. The van der Waals surface area contributed by atoms with E-state index >= 15 is 0 Å². The van der Waals surface area contributed by atoms with Gasteiger partial charge in [-0.25, -0.2) is 4.79 Å². The Morgan fingerprint density at radius 2 is 1.96 bits per heavy atom. The smallest absolute Gasteiger partial charge is 0.328 e. The first kappa shape index (κ1) is 17.0. The fraction of sp³-hybridized carbons (Fsp3) is 0.118. The Labute approximate surface area is 137 Å². The van der Waals surface area contributed by atoms with Gasteiger partial charge in [0.1, 0.15) is 6.61 Å². The summed E-state index contributed by atoms with van der Waals surface area (Å²) >= 11 is 0. The van der Waals surface area contributed by atoms with Crippen LogP contribution in [0, 0.1) is 10.1 Å². The van der Waals surface area contributed by atoms with E-state index in [0.29, 0.717) is 0 Å². The van der Waals surface area contributed by atoms with Crippen LogP contribution in [-0.4, -0.2) is 23.1 Å². The summed E-state index contributed by atoms with van der Waals surface area (Å²) in [6.07, 6.45) is 1.97. The SMILES string of the molecule is COc1c(OCc2ccccc2)ccc(/C=C/C(=O)O)c1[N+](=O)[O-]. The number of benzene rings is 2. The van der Waals surface area contributed by atoms with Gasteiger partial charge in [-0.1, -0.05) is 30.3 Å². The van der Waals surface area contributed by atoms with Gasteiger partial charge in [-0.2, -0.15) is 0 Å². The minimum absolute atomic E-state index is 0.0523. The fourth-order valence-corrected chi connectivity index (χ4v) is 2.10. The van der Waals surface area contributed by atoms with Crippen LogP contribution in [0.5, 0.6) is 11.5 Å². The number of rotatable bonds is 7. The van der Waals surface area contributed by atoms with Gasteiger partial charge in [-0.05, 0) is 23.8 Å². The predicted molar refractivity (Wildman–Crippen MR) is 87.1 cm³/mol. The van der Waals surface area contributed by atoms with Crippen LogP contribution in [0.2, 0.25) is 0 Å². The number of hydrogen-bond acceptors (Lipinski definition) is 5. The largest absolute Gasteiger partial charge is 0.488 e. The number of nitro benzene ring substituents is 1. The lowest BCUT2D eigenvalue weighted by Gasteiger charge is -2.12. The number of carbonyl (C=O) groups is 1. The van der Waals surface area contributed by atoms with Gasteiger partial charge in [0.05, 0.1) is 17.6 Å². The predicted octanol–water partition coefficient (Wildman–Crippen LogP) is 3.28. The lowest BCUT2D eigenvalue weighted by molar-refractivity contribution is -0.386. The average molecular weight is 329 g/mol. The zero-order chi connectivity index (χ0) is 17.5. The molecule has 0 radical (unpaired) electrons. The third kappa shape index (κ3) is 4.10. The Balaban J connectivity index is 2.37. The van der Waals surface area contributed by atoms with Gasteiger partial charge in [0.15, 0.2) is 5.75 Å². The topological polar surface area (TPSA) is 98.9 Å². The number of carboxylic acid groups (broad SMARTS) is 1. The van der Waals surface area contributed by atoms with Crippen LogP contribution >= 0.6 is 0 Å². The molecule has 1 N–H and O–H groups in total. The second-order valence-corrected chi connectivity index (χ2v) is 4.74. The first-order valence-corrected chi connectivity index (χ1v) is 6.96. The first-order valence-electron chi connectivity index (χ1n) is 6.96. The van der Waals surface area contributed by atoms with E-state index < -0.39 is 10.9 Å². The molecule has 7 heteroatoms. The van der Waals surface area contributed by atoms with Crippen molar-refractivity contribution in [3.63, 3.8) is 0 Å². The summed E-state index contributed by atoms with van der Waals surface area (Å²) in [5.41, 5.74) is 0.670. The molecule has 0 saturated carbocycles. The van der Waals surface area contributed by atoms with E-state index in [1.54, 1.807) is 0 Å². The number of nitro groups is 1. The molecule has 2 aromatic carbocycles. The summed E-state index contributed by atoms with van der Waals surface area (Å²) < 4.78 is 10.7. The number of ether oxygens (including phenoxy) is 2. The monoisotopic (exact) mass is 329 g/mol. The van der Waals surface area contributed by atoms with E-state index in [4.69, 9.17) is 14.6 Å². The van der Waals surface area contributed by atoms with Gasteiger partial charge >= 0.3 is 11.7 Å². The number of nitrogens with zero attached hydrogens (tertiary/aromatic N) is 1. The van der Waals surface area contributed by atoms with Crippen molar-refractivity contribution in [2.45, 2.75) is 6.61 Å². The van der Waals surface area contributed by atoms with Gasteiger partial charge in [0.25, 0.3) is 0 Å². The molecule has 0 fully saturated rings. The van der Waals surface area contributed by atoms with Gasteiger partial charge in [-0.3, -0.25) is 10.1 Å². The molecule has 0 saturated heterocycles. The Morgan fingerprint density at radius 3 is 2.54 bits per heavy atom. The third-order valence-electron chi connectivity index (χ3n) is 3.16. The highest BCUT2D eigenvalue weighted by Crippen LogP contribution is 2.40. The van der Waals surface area contributed by atoms with E-state index in [0.717, 1.165) is 17.7 Å². The quantitative estimate of drug-likeness (QED) is 0.475. The van der Waals surface area contributed by atoms with Crippen LogP contribution in [0.1, 0.15) is 11.1 Å². The molecule has 0 aliphatic heterocycles. The van der Waals surface area contributed by atoms with Crippen LogP contribution in [0.3, 0.4) is 0 Å². The summed E-state index contributed by atoms with van der Waals surface area (Å²) in [6, 6.07) is 12.3. The highest BCUT2D eigenvalue weighted by atomic mass is 16.6. The van der Waals surface area contributed by atoms with Gasteiger partial charge in [0.2, 0.25) is 5.75 Å². The van der Waals surface area contributed by atoms with Crippen molar-refractivity contribution in [2.75, 3.05) is 7.11 Å². The number of hydrogen-bond donors (Lipinski definition) is 1. The molecule has 0 atom stereocenters. The number of methoxy groups -OCH3 is 1. The lowest BCUT2D eigenvalue weighted by atomic mass is 10.1. The maximum absolute atomic E-state index is 11.4. The molecular formula is C17H15NO6. The molecule has 0 aromatic heterocycles. The molecule has 2 rings (SSSR count). The highest BCUT2D eigenvalue weighted by molar-refractivity contribution is 5.87. The molecule has 0 amide bonds. The summed E-state index contributed by atoms with van der Waals surface area (Å²) in [6.45, 7) is 0.221. The van der Waals surface area contributed by atoms with Crippen molar-refractivity contribution in [2.24, 2.45) is 0 Å². The molecule has 7 nitrogen and oxygen atoms in total. The van der Waals surface area contributed by atoms with Crippen LogP contribution in [0.25, 0.3) is 6.08 Å². The molecule has 24 heavy (non-hydrogen) atoms. The normalized spacial score (nSPS) is 10.5. The van der Waals surface area contributed by atoms with E-state index in [1.807, 2.05) is 30.3 Å². The maximum atomic E-state index is 11.4. The minimum Gasteiger partial charge on any atom is -0.488 e. The molecule has 0 bridgehead atoms. The Bertz CT molecular complexity index is 770. The Hall–Kier alpha value is -3.35. The number of carboxylic acids is 1. The molecular weight excluding hydrogens is 314 g/mol. The van der Waals surface area contributed by atoms with Crippen molar-refractivity contribution in [3.05, 3.63) is 69.8 Å². The summed E-state index contributed by atoms with van der Waals surface area (Å²) in [5, 5.41) is 20.0. The molecule has 0 heterocycles. The molecule has 0 unspecified atom stereocenters. The van der Waals surface area contributed by atoms with Crippen molar-refractivity contribution in [3.8, 4) is 11.5 Å². The van der Waals surface area contributed by atoms with E-state index in [9.17, 15) is 14.9 Å². The molecule has 2 aromatic rings. The summed E-state index contributed by atoms with van der Waals surface area (Å²) in [7, 11) is 1.29. The zero-order valence-corrected chi connectivity index (χ0v) is 12.8. The zero-order valence-electron chi connectivity index (χ0n) is 12.8.